The molecule has 1 aromatic carbocycles. The summed E-state index contributed by atoms with van der Waals surface area (Å²) >= 11 is 3.05. The van der Waals surface area contributed by atoms with E-state index in [2.05, 4.69) is 26.1 Å². The summed E-state index contributed by atoms with van der Waals surface area (Å²) in [6, 6.07) is 2.75. The van der Waals surface area contributed by atoms with Crippen molar-refractivity contribution in [3.8, 4) is 5.75 Å². The molecule has 1 aromatic rings. The van der Waals surface area contributed by atoms with Crippen molar-refractivity contribution in [1.82, 2.24) is 0 Å². The third kappa shape index (κ3) is 3.20. The van der Waals surface area contributed by atoms with Crippen molar-refractivity contribution in [2.24, 2.45) is 21.7 Å². The Bertz CT molecular complexity index is 443. The van der Waals surface area contributed by atoms with Gasteiger partial charge in [-0.25, -0.2) is 4.39 Å². The van der Waals surface area contributed by atoms with Crippen LogP contribution in [-0.2, 0) is 0 Å². The highest BCUT2D eigenvalue weighted by Gasteiger charge is 2.06. The number of halogens is 2. The van der Waals surface area contributed by atoms with Crippen LogP contribution in [0.2, 0.25) is 0 Å². The molecular formula is C9H10BrFN4O. The van der Waals surface area contributed by atoms with Crippen LogP contribution >= 0.6 is 15.9 Å². The Morgan fingerprint density at radius 1 is 1.50 bits per heavy atom. The molecular weight excluding hydrogens is 279 g/mol. The first-order valence-corrected chi connectivity index (χ1v) is 4.99. The summed E-state index contributed by atoms with van der Waals surface area (Å²) in [4.78, 5) is 0. The van der Waals surface area contributed by atoms with E-state index in [1.165, 1.54) is 25.5 Å². The summed E-state index contributed by atoms with van der Waals surface area (Å²) in [6.45, 7) is 0. The number of guanidine groups is 1. The molecule has 0 aromatic heterocycles. The molecule has 0 aliphatic heterocycles. The van der Waals surface area contributed by atoms with E-state index in [-0.39, 0.29) is 5.96 Å². The van der Waals surface area contributed by atoms with Gasteiger partial charge in [0.2, 0.25) is 5.96 Å². The van der Waals surface area contributed by atoms with Crippen molar-refractivity contribution in [3.63, 3.8) is 0 Å². The summed E-state index contributed by atoms with van der Waals surface area (Å²) in [5.74, 6) is -0.137. The molecule has 0 aliphatic carbocycles. The van der Waals surface area contributed by atoms with Gasteiger partial charge in [-0.15, -0.1) is 5.10 Å². The predicted molar refractivity (Wildman–Crippen MR) is 64.1 cm³/mol. The Morgan fingerprint density at radius 2 is 2.19 bits per heavy atom. The zero-order valence-electron chi connectivity index (χ0n) is 8.45. The average Bonchev–Trinajstić information content (AvgIpc) is 2.22. The topological polar surface area (TPSA) is 86.0 Å². The number of ether oxygens (including phenoxy) is 1. The lowest BCUT2D eigenvalue weighted by Gasteiger charge is -2.05. The lowest BCUT2D eigenvalue weighted by Crippen LogP contribution is -2.21. The molecule has 0 fully saturated rings. The van der Waals surface area contributed by atoms with Crippen LogP contribution in [0.5, 0.6) is 5.75 Å². The molecule has 0 unspecified atom stereocenters. The fourth-order valence-electron chi connectivity index (χ4n) is 0.979. The number of hydrogen-bond donors (Lipinski definition) is 2. The lowest BCUT2D eigenvalue weighted by molar-refractivity contribution is 0.412. The van der Waals surface area contributed by atoms with E-state index < -0.39 is 5.82 Å². The molecule has 5 nitrogen and oxygen atoms in total. The van der Waals surface area contributed by atoms with Crippen molar-refractivity contribution in [1.29, 1.82) is 0 Å². The Labute approximate surface area is 100 Å². The van der Waals surface area contributed by atoms with Gasteiger partial charge >= 0.3 is 0 Å². The molecule has 0 spiro atoms. The maximum Gasteiger partial charge on any atom is 0.211 e. The highest BCUT2D eigenvalue weighted by molar-refractivity contribution is 9.10. The normalized spacial score (nSPS) is 10.4. The van der Waals surface area contributed by atoms with E-state index in [9.17, 15) is 4.39 Å². The van der Waals surface area contributed by atoms with E-state index >= 15 is 0 Å². The Morgan fingerprint density at radius 3 is 2.75 bits per heavy atom. The molecule has 0 radical (unpaired) electrons. The molecule has 0 aliphatic rings. The SMILES string of the molecule is COc1cc(Br)c(F)cc1C=NN=C(N)N. The van der Waals surface area contributed by atoms with Gasteiger partial charge in [0.1, 0.15) is 11.6 Å². The summed E-state index contributed by atoms with van der Waals surface area (Å²) in [5, 5.41) is 6.97. The zero-order valence-corrected chi connectivity index (χ0v) is 10.0. The monoisotopic (exact) mass is 288 g/mol. The zero-order chi connectivity index (χ0) is 12.1. The van der Waals surface area contributed by atoms with Gasteiger partial charge in [0.25, 0.3) is 0 Å². The van der Waals surface area contributed by atoms with Gasteiger partial charge in [-0.1, -0.05) is 0 Å². The van der Waals surface area contributed by atoms with Crippen LogP contribution in [0.4, 0.5) is 4.39 Å². The third-order valence-corrected chi connectivity index (χ3v) is 2.25. The van der Waals surface area contributed by atoms with Crippen molar-refractivity contribution in [3.05, 3.63) is 28.0 Å². The molecule has 7 heteroatoms. The van der Waals surface area contributed by atoms with Gasteiger partial charge in [-0.05, 0) is 28.1 Å². The van der Waals surface area contributed by atoms with Crippen LogP contribution < -0.4 is 16.2 Å². The summed E-state index contributed by atoms with van der Waals surface area (Å²) < 4.78 is 18.6. The van der Waals surface area contributed by atoms with Gasteiger partial charge in [-0.2, -0.15) is 5.10 Å². The van der Waals surface area contributed by atoms with E-state index in [4.69, 9.17) is 16.2 Å². The lowest BCUT2D eigenvalue weighted by atomic mass is 10.2. The minimum absolute atomic E-state index is 0.173. The maximum absolute atomic E-state index is 13.2. The van der Waals surface area contributed by atoms with E-state index in [0.29, 0.717) is 15.8 Å². The number of hydrogen-bond acceptors (Lipinski definition) is 3. The highest BCUT2D eigenvalue weighted by Crippen LogP contribution is 2.25. The Balaban J connectivity index is 3.08. The molecule has 0 saturated heterocycles. The van der Waals surface area contributed by atoms with Crippen LogP contribution in [-0.4, -0.2) is 19.3 Å². The summed E-state index contributed by atoms with van der Waals surface area (Å²) in [5.41, 5.74) is 10.6. The number of benzene rings is 1. The van der Waals surface area contributed by atoms with Gasteiger partial charge in [0.15, 0.2) is 0 Å². The van der Waals surface area contributed by atoms with Crippen LogP contribution in [0.25, 0.3) is 0 Å². The second-order valence-corrected chi connectivity index (χ2v) is 3.63. The van der Waals surface area contributed by atoms with Gasteiger partial charge in [0.05, 0.1) is 17.8 Å². The van der Waals surface area contributed by atoms with Gasteiger partial charge in [-0.3, -0.25) is 0 Å². The first-order chi connectivity index (χ1) is 7.54. The Hall–Kier alpha value is -1.63. The molecule has 1 rings (SSSR count). The van der Waals surface area contributed by atoms with Gasteiger partial charge in [0, 0.05) is 5.56 Å². The number of nitrogens with zero attached hydrogens (tertiary/aromatic N) is 2. The number of nitrogens with two attached hydrogens (primary N) is 2. The van der Waals surface area contributed by atoms with Crippen LogP contribution in [0, 0.1) is 5.82 Å². The molecule has 0 atom stereocenters. The maximum atomic E-state index is 13.2. The molecule has 0 heterocycles. The largest absolute Gasteiger partial charge is 0.496 e. The predicted octanol–water partition coefficient (Wildman–Crippen LogP) is 1.20. The summed E-state index contributed by atoms with van der Waals surface area (Å²) in [7, 11) is 1.47. The summed E-state index contributed by atoms with van der Waals surface area (Å²) in [6.07, 6.45) is 1.30. The smallest absolute Gasteiger partial charge is 0.211 e. The van der Waals surface area contributed by atoms with E-state index in [1.807, 2.05) is 0 Å². The van der Waals surface area contributed by atoms with E-state index in [0.717, 1.165) is 0 Å². The van der Waals surface area contributed by atoms with Crippen LogP contribution in [0.3, 0.4) is 0 Å². The molecule has 16 heavy (non-hydrogen) atoms. The van der Waals surface area contributed by atoms with E-state index in [1.54, 1.807) is 0 Å². The number of rotatable bonds is 3. The first-order valence-electron chi connectivity index (χ1n) is 4.19. The highest BCUT2D eigenvalue weighted by atomic mass is 79.9. The molecule has 0 bridgehead atoms. The first kappa shape index (κ1) is 12.4. The minimum Gasteiger partial charge on any atom is -0.496 e. The van der Waals surface area contributed by atoms with Gasteiger partial charge < -0.3 is 16.2 Å². The van der Waals surface area contributed by atoms with Crippen LogP contribution in [0.1, 0.15) is 5.56 Å². The fraction of sp³-hybridized carbons (Fsp3) is 0.111. The quantitative estimate of drug-likeness (QED) is 0.498. The van der Waals surface area contributed by atoms with Crippen molar-refractivity contribution in [2.45, 2.75) is 0 Å². The van der Waals surface area contributed by atoms with Crippen molar-refractivity contribution >= 4 is 28.1 Å². The second-order valence-electron chi connectivity index (χ2n) is 2.78. The number of methoxy groups -OCH3 is 1. The second kappa shape index (κ2) is 5.45. The molecule has 0 amide bonds. The molecule has 86 valence electrons. The standard InChI is InChI=1S/C9H10BrFN4O/c1-16-8-3-6(10)7(11)2-5(8)4-14-15-9(12)13/h2-4H,1H3,(H4,12,13,15). The minimum atomic E-state index is -0.424. The fourth-order valence-corrected chi connectivity index (χ4v) is 1.30. The average molecular weight is 289 g/mol. The van der Waals surface area contributed by atoms with Crippen LogP contribution in [0.15, 0.2) is 26.8 Å². The Kier molecular flexibility index (Phi) is 4.24. The van der Waals surface area contributed by atoms with Crippen molar-refractivity contribution in [2.75, 3.05) is 7.11 Å². The van der Waals surface area contributed by atoms with Crippen molar-refractivity contribution < 1.29 is 9.13 Å². The third-order valence-electron chi connectivity index (χ3n) is 1.64. The molecule has 0 saturated carbocycles. The molecule has 4 N–H and O–H groups in total.